The van der Waals surface area contributed by atoms with Gasteiger partial charge >= 0.3 is 11.9 Å². The molecule has 6 aromatic rings. The van der Waals surface area contributed by atoms with Gasteiger partial charge in [-0.2, -0.15) is 0 Å². The van der Waals surface area contributed by atoms with Gasteiger partial charge in [-0.1, -0.05) is 49.3 Å². The number of carbonyl (C=O) groups is 4. The number of aryl methyl sites for hydroxylation is 8. The second-order valence-corrected chi connectivity index (χ2v) is 26.9. The molecule has 4 aliphatic heterocycles. The average Bonchev–Trinajstić information content (AvgIpc) is 1.64. The Kier molecular flexibility index (Phi) is 21.1. The smallest absolute Gasteiger partial charge is 0.305 e. The van der Waals surface area contributed by atoms with Gasteiger partial charge in [-0.15, -0.1) is 0 Å². The number of rotatable bonds is 23. The number of ether oxygens (including phenoxy) is 2. The van der Waals surface area contributed by atoms with Gasteiger partial charge in [0.15, 0.2) is 0 Å². The Labute approximate surface area is 547 Å². The summed E-state index contributed by atoms with van der Waals surface area (Å²) in [5.74, 6) is 0.766. The van der Waals surface area contributed by atoms with Gasteiger partial charge in [0, 0.05) is 94.4 Å². The Bertz CT molecular complexity index is 4450. The van der Waals surface area contributed by atoms with Crippen molar-refractivity contribution in [3.8, 4) is 0 Å². The third-order valence-electron chi connectivity index (χ3n) is 18.9. The lowest BCUT2D eigenvalue weighted by Gasteiger charge is -2.08. The van der Waals surface area contributed by atoms with E-state index in [9.17, 15) is 19.2 Å². The number of nitrogens with one attached hydrogen (secondary N) is 6. The van der Waals surface area contributed by atoms with Gasteiger partial charge in [0.05, 0.1) is 59.8 Å². The first-order valence-electron chi connectivity index (χ1n) is 32.5. The Morgan fingerprint density at radius 3 is 1.12 bits per heavy atom. The van der Waals surface area contributed by atoms with Crippen LogP contribution in [-0.2, 0) is 54.3 Å². The van der Waals surface area contributed by atoms with E-state index < -0.39 is 0 Å². The lowest BCUT2D eigenvalue weighted by Crippen LogP contribution is -2.26. The molecule has 0 fully saturated rings. The van der Waals surface area contributed by atoms with E-state index in [0.29, 0.717) is 56.7 Å². The van der Waals surface area contributed by atoms with E-state index in [1.807, 2.05) is 6.07 Å². The number of fused-ring (bicyclic) bond motifs is 16. The molecule has 0 atom stereocenters. The summed E-state index contributed by atoms with van der Waals surface area (Å²) in [6.45, 7) is 26.7. The zero-order chi connectivity index (χ0) is 65.7. The SMILES string of the molecule is CCC1=C(C)c2cc3[nH]c(cc4[nH]c(cc5nc(cc1n2)C(C)=C5CC)c(C)c4CCC(=O)NCCSSCCNC(=O)CCC1=C(C)c2cc4[nH]c(cc5[nH]c(cc6nc(cc1n2)C(CCC(=O)OC)=C6C)c(C)c5CC)c(C)c4CC)c(CCC(=O)OC)c3C. The minimum atomic E-state index is -0.285. The minimum absolute atomic E-state index is 0.0342. The Morgan fingerprint density at radius 2 is 0.674 bits per heavy atom. The Hall–Kier alpha value is -8.22. The van der Waals surface area contributed by atoms with Gasteiger partial charge in [0.2, 0.25) is 11.8 Å². The maximum Gasteiger partial charge on any atom is 0.305 e. The molecule has 0 aliphatic carbocycles. The van der Waals surface area contributed by atoms with Crippen molar-refractivity contribution in [2.75, 3.05) is 38.8 Å². The second-order valence-electron chi connectivity index (χ2n) is 24.2. The van der Waals surface area contributed by atoms with Gasteiger partial charge in [-0.05, 0) is 244 Å². The predicted octanol–water partition coefficient (Wildman–Crippen LogP) is 15.9. The molecule has 0 unspecified atom stereocenters. The molecule has 6 aromatic heterocycles. The van der Waals surface area contributed by atoms with Gasteiger partial charge in [-0.25, -0.2) is 19.9 Å². The number of aromatic nitrogens is 8. The first kappa shape index (κ1) is 66.7. The van der Waals surface area contributed by atoms with Gasteiger partial charge in [-0.3, -0.25) is 19.2 Å². The number of aromatic amines is 4. The lowest BCUT2D eigenvalue weighted by atomic mass is 9.98. The van der Waals surface area contributed by atoms with Crippen molar-refractivity contribution in [3.63, 3.8) is 0 Å². The van der Waals surface area contributed by atoms with Crippen LogP contribution >= 0.6 is 21.6 Å². The number of H-pyrrole nitrogens is 4. The van der Waals surface area contributed by atoms with Crippen molar-refractivity contribution < 1.29 is 28.7 Å². The summed E-state index contributed by atoms with van der Waals surface area (Å²) in [6.07, 6.45) is 6.30. The number of amides is 2. The van der Waals surface area contributed by atoms with E-state index >= 15 is 0 Å². The molecule has 16 bridgehead atoms. The van der Waals surface area contributed by atoms with Crippen molar-refractivity contribution in [2.45, 2.75) is 160 Å². The van der Waals surface area contributed by atoms with Crippen LogP contribution in [0.2, 0.25) is 0 Å². The third kappa shape index (κ3) is 14.1. The van der Waals surface area contributed by atoms with Crippen LogP contribution in [0.1, 0.15) is 197 Å². The predicted molar refractivity (Wildman–Crippen MR) is 380 cm³/mol. The highest BCUT2D eigenvalue weighted by molar-refractivity contribution is 8.76. The molecule has 4 aliphatic rings. The largest absolute Gasteiger partial charge is 0.469 e. The fourth-order valence-corrected chi connectivity index (χ4v) is 15.2. The summed E-state index contributed by atoms with van der Waals surface area (Å²) in [4.78, 5) is 88.1. The van der Waals surface area contributed by atoms with Crippen LogP contribution in [0.5, 0.6) is 0 Å². The molecular weight excluding hydrogens is 1190 g/mol. The molecule has 18 heteroatoms. The zero-order valence-corrected chi connectivity index (χ0v) is 57.6. The fraction of sp³-hybridized carbons (Fsp3) is 0.405. The van der Waals surface area contributed by atoms with E-state index in [4.69, 9.17) is 29.4 Å². The molecule has 92 heavy (non-hydrogen) atoms. The standard InChI is InChI=1S/C74H88N10O6S2/c1-15-47-39(5)55-31-57-45(11)53(21-25-73(87)89-13)69(81-57)37-67-51(43(9)61(83-67)35-65-49(17-3)41(7)59(79-65)33-63(47)77-55)19-23-71(85)75-27-29-91-92-30-28-76-72(86)24-20-52-44(10)62-36-66-50(18-4)42(8)60(80-66)34-64-48(16-2)40(6)56(78-64)32-58-46(12)54(22-26-74(88)90-14)70(82-58)38-68(52)84-62/h31-38,77,79,82,84H,15-30H2,1-14H3,(H,75,85)(H,76,86). The van der Waals surface area contributed by atoms with Crippen LogP contribution in [0, 0.1) is 27.7 Å². The molecule has 482 valence electrons. The van der Waals surface area contributed by atoms with Gasteiger partial charge in [0.1, 0.15) is 0 Å². The van der Waals surface area contributed by atoms with E-state index in [1.165, 1.54) is 47.6 Å². The summed E-state index contributed by atoms with van der Waals surface area (Å²) in [5.41, 5.74) is 32.2. The summed E-state index contributed by atoms with van der Waals surface area (Å²) in [5, 5.41) is 6.29. The van der Waals surface area contributed by atoms with Crippen LogP contribution in [-0.4, -0.2) is 102 Å². The van der Waals surface area contributed by atoms with E-state index in [-0.39, 0.29) is 43.0 Å². The maximum atomic E-state index is 13.6. The van der Waals surface area contributed by atoms with Crippen LogP contribution in [0.25, 0.3) is 88.7 Å². The minimum Gasteiger partial charge on any atom is -0.469 e. The number of allylic oxidation sites excluding steroid dienone is 8. The number of esters is 2. The molecule has 0 spiro atoms. The van der Waals surface area contributed by atoms with Crippen molar-refractivity contribution >= 4 is 134 Å². The van der Waals surface area contributed by atoms with Crippen LogP contribution < -0.4 is 10.6 Å². The summed E-state index contributed by atoms with van der Waals surface area (Å²) >= 11 is 0. The number of methoxy groups -OCH3 is 2. The summed E-state index contributed by atoms with van der Waals surface area (Å²) < 4.78 is 10.1. The number of hydrogen-bond donors (Lipinski definition) is 6. The zero-order valence-electron chi connectivity index (χ0n) is 56.0. The van der Waals surface area contributed by atoms with Crippen molar-refractivity contribution in [1.29, 1.82) is 0 Å². The lowest BCUT2D eigenvalue weighted by molar-refractivity contribution is -0.141. The van der Waals surface area contributed by atoms with Crippen LogP contribution in [0.15, 0.2) is 48.5 Å². The highest BCUT2D eigenvalue weighted by Crippen LogP contribution is 2.41. The van der Waals surface area contributed by atoms with Gasteiger partial charge in [0.25, 0.3) is 0 Å². The van der Waals surface area contributed by atoms with E-state index in [2.05, 4.69) is 156 Å². The summed E-state index contributed by atoms with van der Waals surface area (Å²) in [7, 11) is 6.17. The molecule has 0 radical (unpaired) electrons. The number of hydrogen-bond acceptors (Lipinski definition) is 12. The average molecular weight is 1280 g/mol. The monoisotopic (exact) mass is 1280 g/mol. The summed E-state index contributed by atoms with van der Waals surface area (Å²) in [6, 6.07) is 17.0. The first-order chi connectivity index (χ1) is 44.3. The fourth-order valence-electron chi connectivity index (χ4n) is 13.4. The molecule has 6 N–H and O–H groups in total. The molecule has 0 saturated carbocycles. The first-order valence-corrected chi connectivity index (χ1v) is 35.0. The topological polar surface area (TPSA) is 226 Å². The van der Waals surface area contributed by atoms with Crippen LogP contribution in [0.3, 0.4) is 0 Å². The normalized spacial score (nSPS) is 13.2. The number of carbonyl (C=O) groups excluding carboxylic acids is 4. The van der Waals surface area contributed by atoms with Crippen LogP contribution in [0.4, 0.5) is 0 Å². The van der Waals surface area contributed by atoms with Crippen molar-refractivity contribution in [2.24, 2.45) is 0 Å². The molecule has 10 rings (SSSR count). The Morgan fingerprint density at radius 1 is 0.370 bits per heavy atom. The number of nitrogens with zero attached hydrogens (tertiary/aromatic N) is 4. The quantitative estimate of drug-likeness (QED) is 0.0200. The highest BCUT2D eigenvalue weighted by atomic mass is 33.1. The Balaban J connectivity index is 0.800. The molecular formula is C74H88N10O6S2. The van der Waals surface area contributed by atoms with Gasteiger partial charge < -0.3 is 40.0 Å². The van der Waals surface area contributed by atoms with E-state index in [0.717, 1.165) is 171 Å². The third-order valence-corrected chi connectivity index (χ3v) is 21.3. The molecule has 16 nitrogen and oxygen atoms in total. The maximum absolute atomic E-state index is 13.6. The van der Waals surface area contributed by atoms with E-state index in [1.54, 1.807) is 21.6 Å². The van der Waals surface area contributed by atoms with Crippen molar-refractivity contribution in [1.82, 2.24) is 50.5 Å². The highest BCUT2D eigenvalue weighted by Gasteiger charge is 2.25. The second kappa shape index (κ2) is 29.2. The molecule has 10 heterocycles. The van der Waals surface area contributed by atoms with Crippen molar-refractivity contribution in [3.05, 3.63) is 139 Å². The molecule has 0 aromatic carbocycles. The molecule has 2 amide bonds. The molecule has 0 saturated heterocycles.